The number of hydrogen-bond acceptors (Lipinski definition) is 4. The Morgan fingerprint density at radius 2 is 1.94 bits per heavy atom. The van der Waals surface area contributed by atoms with E-state index in [2.05, 4.69) is 15.4 Å². The van der Waals surface area contributed by atoms with Crippen LogP contribution >= 0.6 is 0 Å². The van der Waals surface area contributed by atoms with Crippen molar-refractivity contribution in [3.63, 3.8) is 0 Å². The van der Waals surface area contributed by atoms with Crippen LogP contribution in [0.3, 0.4) is 0 Å². The highest BCUT2D eigenvalue weighted by atomic mass is 19.1. The first-order chi connectivity index (χ1) is 15.3. The molecule has 1 unspecified atom stereocenters. The molecule has 4 aromatic rings. The number of aryl methyl sites for hydroxylation is 2. The number of aromatic amines is 1. The molecule has 1 atom stereocenters. The maximum atomic E-state index is 14.0. The molecule has 0 saturated heterocycles. The van der Waals surface area contributed by atoms with Gasteiger partial charge in [-0.3, -0.25) is 9.59 Å². The van der Waals surface area contributed by atoms with Crippen LogP contribution in [0.1, 0.15) is 40.0 Å². The van der Waals surface area contributed by atoms with Crippen LogP contribution in [0, 0.1) is 19.7 Å². The van der Waals surface area contributed by atoms with Gasteiger partial charge in [0.25, 0.3) is 11.5 Å². The van der Waals surface area contributed by atoms with Crippen molar-refractivity contribution >= 4 is 11.4 Å². The molecule has 0 radical (unpaired) electrons. The zero-order chi connectivity index (χ0) is 23.0. The molecular weight excluding hydrogens is 411 g/mol. The van der Waals surface area contributed by atoms with Gasteiger partial charge in [0.1, 0.15) is 5.52 Å². The Hall–Kier alpha value is -3.94. The number of halogens is 1. The zero-order valence-corrected chi connectivity index (χ0v) is 18.2. The summed E-state index contributed by atoms with van der Waals surface area (Å²) in [4.78, 5) is 28.1. The molecule has 0 fully saturated rings. The molecule has 0 spiro atoms. The monoisotopic (exact) mass is 434 g/mol. The first-order valence-electron chi connectivity index (χ1n) is 10.1. The summed E-state index contributed by atoms with van der Waals surface area (Å²) >= 11 is 0. The Labute approximate surface area is 183 Å². The smallest absolute Gasteiger partial charge is 0.275 e. The Balaban J connectivity index is 1.61. The average molecular weight is 434 g/mol. The summed E-state index contributed by atoms with van der Waals surface area (Å²) < 4.78 is 20.3. The van der Waals surface area contributed by atoms with E-state index in [4.69, 9.17) is 4.74 Å². The van der Waals surface area contributed by atoms with Gasteiger partial charge >= 0.3 is 0 Å². The van der Waals surface area contributed by atoms with Crippen LogP contribution in [0.2, 0.25) is 0 Å². The van der Waals surface area contributed by atoms with E-state index in [0.29, 0.717) is 11.4 Å². The van der Waals surface area contributed by atoms with Crippen molar-refractivity contribution in [1.29, 1.82) is 0 Å². The van der Waals surface area contributed by atoms with Gasteiger partial charge in [-0.15, -0.1) is 5.10 Å². The van der Waals surface area contributed by atoms with E-state index in [1.54, 1.807) is 13.0 Å². The molecule has 32 heavy (non-hydrogen) atoms. The number of nitrogens with one attached hydrogen (secondary N) is 2. The highest BCUT2D eigenvalue weighted by molar-refractivity contribution is 5.95. The van der Waals surface area contributed by atoms with Crippen LogP contribution in [0.5, 0.6) is 5.75 Å². The van der Waals surface area contributed by atoms with Gasteiger partial charge in [0.05, 0.1) is 18.7 Å². The molecule has 7 nitrogen and oxygen atoms in total. The number of hydrogen-bond donors (Lipinski definition) is 2. The number of rotatable bonds is 5. The quantitative estimate of drug-likeness (QED) is 0.498. The number of ether oxygens (including phenoxy) is 1. The van der Waals surface area contributed by atoms with Gasteiger partial charge in [-0.2, -0.15) is 0 Å². The van der Waals surface area contributed by atoms with E-state index in [0.717, 1.165) is 16.7 Å². The first kappa shape index (κ1) is 21.3. The summed E-state index contributed by atoms with van der Waals surface area (Å²) in [5.74, 6) is -0.354. The number of fused-ring (bicyclic) bond motifs is 1. The number of benzene rings is 2. The zero-order valence-electron chi connectivity index (χ0n) is 18.2. The lowest BCUT2D eigenvalue weighted by Crippen LogP contribution is -2.26. The fourth-order valence-corrected chi connectivity index (χ4v) is 3.47. The summed E-state index contributed by atoms with van der Waals surface area (Å²) in [7, 11) is 1.39. The molecule has 2 aromatic heterocycles. The van der Waals surface area contributed by atoms with Crippen LogP contribution in [-0.2, 0) is 0 Å². The molecule has 8 heteroatoms. The van der Waals surface area contributed by atoms with E-state index in [-0.39, 0.29) is 22.4 Å². The summed E-state index contributed by atoms with van der Waals surface area (Å²) in [5, 5.41) is 7.28. The molecule has 4 rings (SSSR count). The standard InChI is InChI=1S/C24H23FN4O3/c1-13-5-6-17(9-14(13)2)22-27-24(31)20-11-18(12-29(20)28-22)23(30)26-15(3)16-7-8-21(32-4)19(25)10-16/h5-12,15H,1-4H3,(H,26,30)(H,27,28,31). The van der Waals surface area contributed by atoms with Crippen molar-refractivity contribution < 1.29 is 13.9 Å². The highest BCUT2D eigenvalue weighted by Crippen LogP contribution is 2.22. The Morgan fingerprint density at radius 1 is 1.16 bits per heavy atom. The summed E-state index contributed by atoms with van der Waals surface area (Å²) in [5.41, 5.74) is 3.78. The van der Waals surface area contributed by atoms with E-state index in [1.807, 2.05) is 32.0 Å². The van der Waals surface area contributed by atoms with Crippen LogP contribution in [-0.4, -0.2) is 27.6 Å². The van der Waals surface area contributed by atoms with Gasteiger partial charge in [-0.05, 0) is 61.7 Å². The van der Waals surface area contributed by atoms with Crippen LogP contribution in [0.15, 0.2) is 53.5 Å². The topological polar surface area (TPSA) is 88.5 Å². The van der Waals surface area contributed by atoms with Crippen LogP contribution in [0.25, 0.3) is 16.9 Å². The summed E-state index contributed by atoms with van der Waals surface area (Å²) in [6.45, 7) is 5.75. The fourth-order valence-electron chi connectivity index (χ4n) is 3.47. The van der Waals surface area contributed by atoms with Crippen molar-refractivity contribution in [1.82, 2.24) is 19.9 Å². The number of carbonyl (C=O) groups excluding carboxylic acids is 1. The molecule has 0 bridgehead atoms. The molecule has 2 heterocycles. The van der Waals surface area contributed by atoms with Crippen molar-refractivity contribution in [3.8, 4) is 17.1 Å². The second-order valence-electron chi connectivity index (χ2n) is 7.75. The lowest BCUT2D eigenvalue weighted by molar-refractivity contribution is 0.0940. The Kier molecular flexibility index (Phi) is 5.52. The predicted molar refractivity (Wildman–Crippen MR) is 120 cm³/mol. The third-order valence-electron chi connectivity index (χ3n) is 5.54. The number of H-pyrrole nitrogens is 1. The van der Waals surface area contributed by atoms with Gasteiger partial charge in [0.15, 0.2) is 17.4 Å². The Morgan fingerprint density at radius 3 is 2.62 bits per heavy atom. The molecule has 2 N–H and O–H groups in total. The van der Waals surface area contributed by atoms with Gasteiger partial charge in [-0.1, -0.05) is 18.2 Å². The fraction of sp³-hybridized carbons (Fsp3) is 0.208. The molecule has 0 aliphatic carbocycles. The number of aromatic nitrogens is 3. The number of amides is 1. The summed E-state index contributed by atoms with van der Waals surface area (Å²) in [6.07, 6.45) is 1.51. The van der Waals surface area contributed by atoms with Gasteiger partial charge in [-0.25, -0.2) is 8.91 Å². The van der Waals surface area contributed by atoms with E-state index < -0.39 is 17.8 Å². The number of nitrogens with zero attached hydrogens (tertiary/aromatic N) is 2. The molecule has 2 aromatic carbocycles. The van der Waals surface area contributed by atoms with Gasteiger partial charge in [0.2, 0.25) is 0 Å². The van der Waals surface area contributed by atoms with Crippen LogP contribution < -0.4 is 15.6 Å². The van der Waals surface area contributed by atoms with E-state index in [9.17, 15) is 14.0 Å². The van der Waals surface area contributed by atoms with Crippen molar-refractivity contribution in [2.45, 2.75) is 26.8 Å². The molecule has 0 aliphatic heterocycles. The lowest BCUT2D eigenvalue weighted by Gasteiger charge is -2.14. The third-order valence-corrected chi connectivity index (χ3v) is 5.54. The molecule has 164 valence electrons. The van der Waals surface area contributed by atoms with Crippen molar-refractivity contribution in [3.05, 3.63) is 87.1 Å². The largest absolute Gasteiger partial charge is 0.494 e. The highest BCUT2D eigenvalue weighted by Gasteiger charge is 2.17. The second-order valence-corrected chi connectivity index (χ2v) is 7.75. The normalized spacial score (nSPS) is 12.0. The average Bonchev–Trinajstić information content (AvgIpc) is 3.20. The lowest BCUT2D eigenvalue weighted by atomic mass is 10.1. The maximum absolute atomic E-state index is 14.0. The van der Waals surface area contributed by atoms with Crippen molar-refractivity contribution in [2.75, 3.05) is 7.11 Å². The maximum Gasteiger partial charge on any atom is 0.275 e. The SMILES string of the molecule is COc1ccc(C(C)NC(=O)c2cc3c(=O)[nH]c(-c4ccc(C)c(C)c4)nn3c2)cc1F. The molecule has 0 aliphatic rings. The third kappa shape index (κ3) is 3.99. The minimum atomic E-state index is -0.504. The molecule has 0 saturated carbocycles. The molecule has 1 amide bonds. The summed E-state index contributed by atoms with van der Waals surface area (Å²) in [6, 6.07) is 11.3. The van der Waals surface area contributed by atoms with Crippen LogP contribution in [0.4, 0.5) is 4.39 Å². The minimum Gasteiger partial charge on any atom is -0.494 e. The minimum absolute atomic E-state index is 0.135. The Bertz CT molecular complexity index is 1390. The van der Waals surface area contributed by atoms with E-state index >= 15 is 0 Å². The van der Waals surface area contributed by atoms with Gasteiger partial charge in [0, 0.05) is 11.8 Å². The second kappa shape index (κ2) is 8.30. The van der Waals surface area contributed by atoms with Crippen molar-refractivity contribution in [2.24, 2.45) is 0 Å². The number of methoxy groups -OCH3 is 1. The molecular formula is C24H23FN4O3. The van der Waals surface area contributed by atoms with E-state index in [1.165, 1.54) is 36.0 Å². The first-order valence-corrected chi connectivity index (χ1v) is 10.1. The van der Waals surface area contributed by atoms with Gasteiger partial charge < -0.3 is 15.0 Å². The number of carbonyl (C=O) groups is 1. The predicted octanol–water partition coefficient (Wildman–Crippen LogP) is 3.95.